The molecule has 2 aromatic carbocycles. The summed E-state index contributed by atoms with van der Waals surface area (Å²) in [5.74, 6) is 0.181. The molecule has 0 bridgehead atoms. The van der Waals surface area contributed by atoms with Crippen LogP contribution < -0.4 is 15.6 Å². The molecule has 0 aliphatic rings. The van der Waals surface area contributed by atoms with Crippen molar-refractivity contribution < 1.29 is 22.7 Å². The number of methoxy groups -OCH3 is 1. The van der Waals surface area contributed by atoms with E-state index in [4.69, 9.17) is 4.74 Å². The molecular weight excluding hydrogens is 543 g/mol. The lowest BCUT2D eigenvalue weighted by atomic mass is 10.1. The van der Waals surface area contributed by atoms with E-state index in [2.05, 4.69) is 15.4 Å². The van der Waals surface area contributed by atoms with Gasteiger partial charge in [-0.25, -0.2) is 9.67 Å². The second kappa shape index (κ2) is 10.6. The number of para-hydroxylation sites is 2. The van der Waals surface area contributed by atoms with E-state index in [0.29, 0.717) is 44.6 Å². The maximum atomic E-state index is 13.7. The number of hydrogen-bond acceptors (Lipinski definition) is 6. The molecule has 5 aromatic rings. The van der Waals surface area contributed by atoms with Gasteiger partial charge in [0.2, 0.25) is 5.91 Å². The van der Waals surface area contributed by atoms with Crippen LogP contribution in [0.3, 0.4) is 0 Å². The summed E-state index contributed by atoms with van der Waals surface area (Å²) in [6.07, 6.45) is -4.63. The third-order valence-corrected chi connectivity index (χ3v) is 7.24. The van der Waals surface area contributed by atoms with Gasteiger partial charge in [0, 0.05) is 23.3 Å². The first-order valence-electron chi connectivity index (χ1n) is 12.2. The Morgan fingerprint density at radius 3 is 2.62 bits per heavy atom. The summed E-state index contributed by atoms with van der Waals surface area (Å²) in [6, 6.07) is 14.0. The highest BCUT2D eigenvalue weighted by atomic mass is 32.1. The maximum absolute atomic E-state index is 13.7. The molecule has 206 valence electrons. The molecule has 40 heavy (non-hydrogen) atoms. The number of benzene rings is 2. The minimum Gasteiger partial charge on any atom is -0.494 e. The van der Waals surface area contributed by atoms with Crippen LogP contribution in [0.1, 0.15) is 28.2 Å². The smallest absolute Gasteiger partial charge is 0.416 e. The number of rotatable bonds is 7. The Labute approximate surface area is 230 Å². The zero-order valence-electron chi connectivity index (χ0n) is 21.7. The second-order valence-electron chi connectivity index (χ2n) is 9.13. The van der Waals surface area contributed by atoms with E-state index in [1.54, 1.807) is 30.2 Å². The number of aryl methyl sites for hydroxylation is 2. The van der Waals surface area contributed by atoms with Crippen LogP contribution in [-0.2, 0) is 23.9 Å². The number of carbonyl (C=O) groups excluding carboxylic acids is 1. The summed E-state index contributed by atoms with van der Waals surface area (Å²) >= 11 is 1.22. The maximum Gasteiger partial charge on any atom is 0.416 e. The van der Waals surface area contributed by atoms with Crippen LogP contribution >= 0.6 is 11.3 Å². The topological polar surface area (TPSA) is 90.5 Å². The average molecular weight is 568 g/mol. The number of amides is 1. The van der Waals surface area contributed by atoms with Crippen molar-refractivity contribution >= 4 is 22.2 Å². The highest BCUT2D eigenvalue weighted by Crippen LogP contribution is 2.30. The molecule has 3 heterocycles. The second-order valence-corrected chi connectivity index (χ2v) is 9.97. The molecule has 0 spiro atoms. The van der Waals surface area contributed by atoms with E-state index in [-0.39, 0.29) is 18.5 Å². The molecule has 0 fully saturated rings. The molecule has 0 aliphatic carbocycles. The van der Waals surface area contributed by atoms with Crippen molar-refractivity contribution in [3.63, 3.8) is 0 Å². The van der Waals surface area contributed by atoms with Gasteiger partial charge in [-0.3, -0.25) is 14.0 Å². The average Bonchev–Trinajstić information content (AvgIpc) is 3.50. The number of hydrogen-bond donors (Lipinski definition) is 1. The van der Waals surface area contributed by atoms with E-state index >= 15 is 0 Å². The Balaban J connectivity index is 1.43. The molecule has 1 N–H and O–H groups in total. The lowest BCUT2D eigenvalue weighted by Crippen LogP contribution is -2.27. The van der Waals surface area contributed by atoms with Gasteiger partial charge in [-0.15, -0.1) is 11.3 Å². The monoisotopic (exact) mass is 567 g/mol. The Morgan fingerprint density at radius 2 is 1.88 bits per heavy atom. The summed E-state index contributed by atoms with van der Waals surface area (Å²) in [7, 11) is 1.57. The molecule has 0 radical (unpaired) electrons. The molecular formula is C28H24F3N5O3S. The first kappa shape index (κ1) is 27.1. The number of fused-ring (bicyclic) bond motifs is 1. The van der Waals surface area contributed by atoms with Crippen molar-refractivity contribution in [2.45, 2.75) is 33.0 Å². The van der Waals surface area contributed by atoms with Gasteiger partial charge in [0.15, 0.2) is 4.96 Å². The molecule has 0 atom stereocenters. The zero-order chi connectivity index (χ0) is 28.6. The largest absolute Gasteiger partial charge is 0.494 e. The van der Waals surface area contributed by atoms with Crippen molar-refractivity contribution in [3.05, 3.63) is 98.5 Å². The van der Waals surface area contributed by atoms with Gasteiger partial charge < -0.3 is 10.1 Å². The highest BCUT2D eigenvalue weighted by Gasteiger charge is 2.30. The normalized spacial score (nSPS) is 11.7. The van der Waals surface area contributed by atoms with E-state index in [1.807, 2.05) is 31.2 Å². The van der Waals surface area contributed by atoms with Gasteiger partial charge in [-0.2, -0.15) is 18.3 Å². The zero-order valence-corrected chi connectivity index (χ0v) is 22.6. The van der Waals surface area contributed by atoms with Crippen molar-refractivity contribution in [3.8, 4) is 22.7 Å². The quantitative estimate of drug-likeness (QED) is 0.295. The molecule has 0 saturated heterocycles. The SMILES string of the molecule is COc1ccccc1-n1nc(-c2c(C)nc3scc(CC(=O)NCc4cccc(C(F)(F)F)c4)n3c2=O)cc1C. The van der Waals surface area contributed by atoms with Gasteiger partial charge >= 0.3 is 6.18 Å². The Morgan fingerprint density at radius 1 is 1.10 bits per heavy atom. The Bertz CT molecular complexity index is 1790. The number of carbonyl (C=O) groups is 1. The Kier molecular flexibility index (Phi) is 7.19. The van der Waals surface area contributed by atoms with Gasteiger partial charge in [0.05, 0.1) is 30.4 Å². The molecule has 12 heteroatoms. The van der Waals surface area contributed by atoms with Crippen LogP contribution in [0.25, 0.3) is 21.9 Å². The van der Waals surface area contributed by atoms with Crippen LogP contribution in [0.2, 0.25) is 0 Å². The van der Waals surface area contributed by atoms with Gasteiger partial charge in [-0.1, -0.05) is 24.3 Å². The number of alkyl halides is 3. The highest BCUT2D eigenvalue weighted by molar-refractivity contribution is 7.15. The molecule has 5 rings (SSSR count). The van der Waals surface area contributed by atoms with Crippen LogP contribution in [0.5, 0.6) is 5.75 Å². The number of nitrogens with zero attached hydrogens (tertiary/aromatic N) is 4. The lowest BCUT2D eigenvalue weighted by molar-refractivity contribution is -0.137. The lowest BCUT2D eigenvalue weighted by Gasteiger charge is -2.10. The van der Waals surface area contributed by atoms with Crippen molar-refractivity contribution in [2.24, 2.45) is 0 Å². The number of halogens is 3. The fourth-order valence-corrected chi connectivity index (χ4v) is 5.38. The van der Waals surface area contributed by atoms with Gasteiger partial charge in [-0.05, 0) is 49.7 Å². The van der Waals surface area contributed by atoms with Crippen molar-refractivity contribution in [1.29, 1.82) is 0 Å². The van der Waals surface area contributed by atoms with E-state index in [1.165, 1.54) is 27.9 Å². The summed E-state index contributed by atoms with van der Waals surface area (Å²) in [5, 5.41) is 8.99. The predicted octanol–water partition coefficient (Wildman–Crippen LogP) is 5.11. The van der Waals surface area contributed by atoms with Crippen LogP contribution in [-0.4, -0.2) is 32.2 Å². The first-order chi connectivity index (χ1) is 19.1. The summed E-state index contributed by atoms with van der Waals surface area (Å²) in [6.45, 7) is 3.52. The minimum atomic E-state index is -4.47. The predicted molar refractivity (Wildman–Crippen MR) is 145 cm³/mol. The van der Waals surface area contributed by atoms with Crippen molar-refractivity contribution in [2.75, 3.05) is 7.11 Å². The number of ether oxygens (including phenoxy) is 1. The van der Waals surface area contributed by atoms with E-state index < -0.39 is 17.6 Å². The van der Waals surface area contributed by atoms with Crippen molar-refractivity contribution in [1.82, 2.24) is 24.5 Å². The molecule has 0 unspecified atom stereocenters. The van der Waals surface area contributed by atoms with E-state index in [9.17, 15) is 22.8 Å². The third kappa shape index (κ3) is 5.22. The van der Waals surface area contributed by atoms with Crippen LogP contribution in [0.4, 0.5) is 13.2 Å². The van der Waals surface area contributed by atoms with Crippen LogP contribution in [0.15, 0.2) is 64.8 Å². The fraction of sp³-hybridized carbons (Fsp3) is 0.214. The standard InChI is InChI=1S/C28H24F3N5O3S/c1-16-11-21(34-36(16)22-9-4-5-10-23(22)39-3)25-17(2)33-27-35(26(25)38)20(15-40-27)13-24(37)32-14-18-7-6-8-19(12-18)28(29,30)31/h4-12,15H,13-14H2,1-3H3,(H,32,37). The molecule has 0 aliphatic heterocycles. The Hall–Kier alpha value is -4.45. The molecule has 8 nitrogen and oxygen atoms in total. The first-order valence-corrected chi connectivity index (χ1v) is 13.1. The summed E-state index contributed by atoms with van der Waals surface area (Å²) in [4.78, 5) is 31.4. The summed E-state index contributed by atoms with van der Waals surface area (Å²) < 4.78 is 47.5. The molecule has 1 amide bonds. The third-order valence-electron chi connectivity index (χ3n) is 6.36. The fourth-order valence-electron chi connectivity index (χ4n) is 4.45. The van der Waals surface area contributed by atoms with Gasteiger partial charge in [0.25, 0.3) is 5.56 Å². The number of aromatic nitrogens is 4. The number of nitrogens with one attached hydrogen (secondary N) is 1. The summed E-state index contributed by atoms with van der Waals surface area (Å²) in [5.41, 5.74) is 2.31. The van der Waals surface area contributed by atoms with Gasteiger partial charge in [0.1, 0.15) is 17.1 Å². The van der Waals surface area contributed by atoms with Crippen LogP contribution in [0, 0.1) is 13.8 Å². The number of thiazole rings is 1. The van der Waals surface area contributed by atoms with E-state index in [0.717, 1.165) is 17.8 Å². The minimum absolute atomic E-state index is 0.0814. The molecule has 3 aromatic heterocycles. The molecule has 0 saturated carbocycles.